The van der Waals surface area contributed by atoms with Gasteiger partial charge in [0.05, 0.1) is 28.8 Å². The minimum Gasteiger partial charge on any atom is -0.376 e. The molecule has 3 amide bonds. The fourth-order valence-electron chi connectivity index (χ4n) is 4.56. The Hall–Kier alpha value is -2.58. The number of ether oxygens (including phenoxy) is 1. The second-order valence-corrected chi connectivity index (χ2v) is 9.00. The van der Waals surface area contributed by atoms with Crippen molar-refractivity contribution in [2.45, 2.75) is 37.7 Å². The van der Waals surface area contributed by atoms with Gasteiger partial charge in [0.15, 0.2) is 0 Å². The van der Waals surface area contributed by atoms with Crippen LogP contribution in [0.4, 0.5) is 0 Å². The van der Waals surface area contributed by atoms with Crippen LogP contribution < -0.4 is 0 Å². The van der Waals surface area contributed by atoms with Gasteiger partial charge in [0.2, 0.25) is 0 Å². The summed E-state index contributed by atoms with van der Waals surface area (Å²) in [5.74, 6) is -0.482. The molecule has 2 aromatic rings. The van der Waals surface area contributed by atoms with Crippen LogP contribution in [0.25, 0.3) is 0 Å². The van der Waals surface area contributed by atoms with Crippen molar-refractivity contribution in [2.24, 2.45) is 0 Å². The van der Waals surface area contributed by atoms with Crippen molar-refractivity contribution in [3.05, 3.63) is 51.5 Å². The van der Waals surface area contributed by atoms with E-state index in [1.165, 1.54) is 4.90 Å². The molecule has 4 heterocycles. The van der Waals surface area contributed by atoms with Crippen molar-refractivity contribution in [2.75, 3.05) is 26.2 Å². The fourth-order valence-corrected chi connectivity index (χ4v) is 5.33. The number of hydrogen-bond acceptors (Lipinski definition) is 6. The zero-order valence-electron chi connectivity index (χ0n) is 16.6. The van der Waals surface area contributed by atoms with Crippen LogP contribution in [0.5, 0.6) is 0 Å². The molecule has 0 radical (unpaired) electrons. The van der Waals surface area contributed by atoms with Gasteiger partial charge in [0.25, 0.3) is 17.7 Å². The summed E-state index contributed by atoms with van der Waals surface area (Å²) < 4.78 is 5.58. The number of aromatic nitrogens is 1. The number of carbonyl (C=O) groups is 3. The molecule has 30 heavy (non-hydrogen) atoms. The van der Waals surface area contributed by atoms with Crippen LogP contribution in [0, 0.1) is 0 Å². The normalized spacial score (nSPS) is 23.9. The number of imide groups is 1. The Morgan fingerprint density at radius 2 is 2.03 bits per heavy atom. The lowest BCUT2D eigenvalue weighted by molar-refractivity contribution is 0.0475. The van der Waals surface area contributed by atoms with E-state index in [1.807, 2.05) is 10.3 Å². The van der Waals surface area contributed by atoms with Crippen molar-refractivity contribution >= 4 is 29.1 Å². The number of nitrogens with zero attached hydrogens (tertiary/aromatic N) is 3. The summed E-state index contributed by atoms with van der Waals surface area (Å²) in [6, 6.07) is 4.86. The summed E-state index contributed by atoms with van der Waals surface area (Å²) in [7, 11) is 0. The van der Waals surface area contributed by atoms with Gasteiger partial charge < -0.3 is 9.64 Å². The van der Waals surface area contributed by atoms with Crippen LogP contribution in [0.2, 0.25) is 0 Å². The number of rotatable bonds is 4. The molecule has 2 fully saturated rings. The highest BCUT2D eigenvalue weighted by Crippen LogP contribution is 2.30. The molecule has 0 bridgehead atoms. The molecule has 2 saturated heterocycles. The number of fused-ring (bicyclic) bond motifs is 1. The topological polar surface area (TPSA) is 79.8 Å². The average Bonchev–Trinajstić information content (AvgIpc) is 3.53. The zero-order chi connectivity index (χ0) is 20.7. The van der Waals surface area contributed by atoms with Crippen LogP contribution in [0.3, 0.4) is 0 Å². The van der Waals surface area contributed by atoms with Gasteiger partial charge in [-0.3, -0.25) is 19.3 Å². The summed E-state index contributed by atoms with van der Waals surface area (Å²) in [5, 5.41) is 3.02. The van der Waals surface area contributed by atoms with Gasteiger partial charge in [0.1, 0.15) is 0 Å². The van der Waals surface area contributed by atoms with E-state index in [0.29, 0.717) is 36.4 Å². The molecule has 156 valence electrons. The number of piperidine rings is 1. The van der Waals surface area contributed by atoms with E-state index in [-0.39, 0.29) is 36.3 Å². The van der Waals surface area contributed by atoms with Crippen molar-refractivity contribution in [1.29, 1.82) is 0 Å². The predicted molar refractivity (Wildman–Crippen MR) is 111 cm³/mol. The molecule has 0 aliphatic carbocycles. The molecular formula is C22H23N3O4S. The maximum atomic E-state index is 13.1. The first kappa shape index (κ1) is 19.4. The molecule has 7 nitrogen and oxygen atoms in total. The summed E-state index contributed by atoms with van der Waals surface area (Å²) in [6.45, 7) is 2.26. The largest absolute Gasteiger partial charge is 0.376 e. The standard InChI is InChI=1S/C22H23N3O4S/c26-20(24-8-1-3-15(12-24)19-23-7-10-30-19)14-5-6-17-18(11-14)22(28)25(21(17)27)13-16-4-2-9-29-16/h5-7,10-11,15-16H,1-4,8-9,12-13H2. The van der Waals surface area contributed by atoms with Gasteiger partial charge in [-0.05, 0) is 43.9 Å². The van der Waals surface area contributed by atoms with E-state index < -0.39 is 0 Å². The van der Waals surface area contributed by atoms with Crippen LogP contribution in [0.1, 0.15) is 67.7 Å². The SMILES string of the molecule is O=C(c1ccc2c(c1)C(=O)N(CC1CCCO1)C2=O)N1CCCC(c2nccs2)C1. The summed E-state index contributed by atoms with van der Waals surface area (Å²) in [4.78, 5) is 46.2. The van der Waals surface area contributed by atoms with Crippen LogP contribution in [-0.2, 0) is 4.74 Å². The Morgan fingerprint density at radius 1 is 1.17 bits per heavy atom. The second kappa shape index (κ2) is 7.92. The number of hydrogen-bond donors (Lipinski definition) is 0. The third-order valence-electron chi connectivity index (χ3n) is 6.14. The molecule has 5 rings (SSSR count). The monoisotopic (exact) mass is 425 g/mol. The lowest BCUT2D eigenvalue weighted by atomic mass is 9.97. The molecule has 3 aliphatic heterocycles. The van der Waals surface area contributed by atoms with Gasteiger partial charge in [0, 0.05) is 42.8 Å². The van der Waals surface area contributed by atoms with Crippen molar-refractivity contribution in [3.8, 4) is 0 Å². The fraction of sp³-hybridized carbons (Fsp3) is 0.455. The van der Waals surface area contributed by atoms with Gasteiger partial charge in [-0.2, -0.15) is 0 Å². The molecule has 1 aromatic heterocycles. The van der Waals surface area contributed by atoms with Crippen LogP contribution in [0.15, 0.2) is 29.8 Å². The van der Waals surface area contributed by atoms with E-state index in [1.54, 1.807) is 35.7 Å². The van der Waals surface area contributed by atoms with E-state index in [9.17, 15) is 14.4 Å². The Balaban J connectivity index is 1.33. The average molecular weight is 426 g/mol. The highest BCUT2D eigenvalue weighted by molar-refractivity contribution is 7.09. The Bertz CT molecular complexity index is 984. The molecule has 3 aliphatic rings. The minimum absolute atomic E-state index is 0.0931. The Morgan fingerprint density at radius 3 is 2.80 bits per heavy atom. The minimum atomic E-state index is -0.334. The van der Waals surface area contributed by atoms with E-state index >= 15 is 0 Å². The highest BCUT2D eigenvalue weighted by atomic mass is 32.1. The number of likely N-dealkylation sites (tertiary alicyclic amines) is 1. The molecule has 2 unspecified atom stereocenters. The van der Waals surface area contributed by atoms with E-state index in [0.717, 1.165) is 30.7 Å². The molecule has 1 aromatic carbocycles. The van der Waals surface area contributed by atoms with Gasteiger partial charge in [-0.15, -0.1) is 11.3 Å². The number of carbonyl (C=O) groups excluding carboxylic acids is 3. The first-order chi connectivity index (χ1) is 14.6. The first-order valence-corrected chi connectivity index (χ1v) is 11.3. The molecule has 0 spiro atoms. The van der Waals surface area contributed by atoms with Gasteiger partial charge in [-0.1, -0.05) is 0 Å². The van der Waals surface area contributed by atoms with Gasteiger partial charge in [-0.25, -0.2) is 4.98 Å². The van der Waals surface area contributed by atoms with Crippen molar-refractivity contribution in [3.63, 3.8) is 0 Å². The Labute approximate surface area is 178 Å². The molecule has 8 heteroatoms. The van der Waals surface area contributed by atoms with E-state index in [2.05, 4.69) is 4.98 Å². The highest BCUT2D eigenvalue weighted by Gasteiger charge is 2.38. The quantitative estimate of drug-likeness (QED) is 0.704. The smallest absolute Gasteiger partial charge is 0.261 e. The van der Waals surface area contributed by atoms with Crippen LogP contribution >= 0.6 is 11.3 Å². The summed E-state index contributed by atoms with van der Waals surface area (Å²) in [6.07, 6.45) is 5.45. The third kappa shape index (κ3) is 3.44. The van der Waals surface area contributed by atoms with Crippen molar-refractivity contribution < 1.29 is 19.1 Å². The van der Waals surface area contributed by atoms with Crippen LogP contribution in [-0.4, -0.2) is 64.9 Å². The lowest BCUT2D eigenvalue weighted by Gasteiger charge is -2.32. The molecule has 0 N–H and O–H groups in total. The van der Waals surface area contributed by atoms with Crippen molar-refractivity contribution in [1.82, 2.24) is 14.8 Å². The summed E-state index contributed by atoms with van der Waals surface area (Å²) in [5.41, 5.74) is 1.14. The maximum Gasteiger partial charge on any atom is 0.261 e. The molecular weight excluding hydrogens is 402 g/mol. The lowest BCUT2D eigenvalue weighted by Crippen LogP contribution is -2.39. The molecule has 2 atom stereocenters. The Kier molecular flexibility index (Phi) is 5.12. The first-order valence-electron chi connectivity index (χ1n) is 10.4. The predicted octanol–water partition coefficient (Wildman–Crippen LogP) is 2.94. The number of thiazole rings is 1. The molecule has 0 saturated carbocycles. The number of benzene rings is 1. The zero-order valence-corrected chi connectivity index (χ0v) is 17.4. The summed E-state index contributed by atoms with van der Waals surface area (Å²) >= 11 is 1.62. The number of amides is 3. The maximum absolute atomic E-state index is 13.1. The second-order valence-electron chi connectivity index (χ2n) is 8.08. The third-order valence-corrected chi connectivity index (χ3v) is 7.08. The van der Waals surface area contributed by atoms with E-state index in [4.69, 9.17) is 4.74 Å². The van der Waals surface area contributed by atoms with Gasteiger partial charge >= 0.3 is 0 Å².